The Kier molecular flexibility index (Phi) is 5.22. The number of amides is 1. The van der Waals surface area contributed by atoms with Crippen molar-refractivity contribution in [3.05, 3.63) is 76.6 Å². The van der Waals surface area contributed by atoms with E-state index in [-0.39, 0.29) is 5.91 Å². The second-order valence-electron chi connectivity index (χ2n) is 5.78. The number of rotatable bonds is 6. The molecule has 0 aliphatic rings. The summed E-state index contributed by atoms with van der Waals surface area (Å²) in [4.78, 5) is 21.7. The first kappa shape index (κ1) is 17.4. The zero-order valence-corrected chi connectivity index (χ0v) is 15.9. The molecule has 0 bridgehead atoms. The molecule has 3 aromatic heterocycles. The maximum absolute atomic E-state index is 12.1. The number of thiophene rings is 1. The highest BCUT2D eigenvalue weighted by Crippen LogP contribution is 2.27. The van der Waals surface area contributed by atoms with E-state index in [0.717, 1.165) is 32.6 Å². The molecule has 0 fully saturated rings. The summed E-state index contributed by atoms with van der Waals surface area (Å²) in [7, 11) is 0. The first-order chi connectivity index (χ1) is 13.3. The molecule has 3 heterocycles. The molecular weight excluding hydrogens is 376 g/mol. The molecule has 0 spiro atoms. The minimum absolute atomic E-state index is 0.0138. The van der Waals surface area contributed by atoms with Crippen molar-refractivity contribution in [3.8, 4) is 11.3 Å². The van der Waals surface area contributed by atoms with Crippen LogP contribution in [0.4, 0.5) is 16.5 Å². The average molecular weight is 393 g/mol. The van der Waals surface area contributed by atoms with Crippen LogP contribution in [0.2, 0.25) is 0 Å². The van der Waals surface area contributed by atoms with Gasteiger partial charge in [-0.1, -0.05) is 6.07 Å². The number of nitrogens with one attached hydrogen (secondary N) is 2. The third kappa shape index (κ3) is 4.58. The Morgan fingerprint density at radius 1 is 0.963 bits per heavy atom. The largest absolute Gasteiger partial charge is 0.332 e. The van der Waals surface area contributed by atoms with Crippen LogP contribution in [0.25, 0.3) is 11.3 Å². The lowest BCUT2D eigenvalue weighted by molar-refractivity contribution is -0.115. The van der Waals surface area contributed by atoms with Gasteiger partial charge in [-0.05, 0) is 47.8 Å². The number of hydrogen-bond acceptors (Lipinski definition) is 6. The fraction of sp³-hybridized carbons (Fsp3) is 0.0500. The van der Waals surface area contributed by atoms with Crippen molar-refractivity contribution in [2.75, 3.05) is 10.6 Å². The van der Waals surface area contributed by atoms with Crippen LogP contribution in [0.3, 0.4) is 0 Å². The van der Waals surface area contributed by atoms with E-state index >= 15 is 0 Å². The van der Waals surface area contributed by atoms with Crippen molar-refractivity contribution in [1.82, 2.24) is 9.97 Å². The molecule has 1 amide bonds. The molecule has 2 N–H and O–H groups in total. The number of anilines is 3. The maximum atomic E-state index is 12.1. The zero-order chi connectivity index (χ0) is 18.5. The van der Waals surface area contributed by atoms with Gasteiger partial charge in [-0.2, -0.15) is 0 Å². The molecule has 0 saturated heterocycles. The van der Waals surface area contributed by atoms with Gasteiger partial charge in [-0.15, -0.1) is 22.7 Å². The average Bonchev–Trinajstić information content (AvgIpc) is 3.36. The zero-order valence-electron chi connectivity index (χ0n) is 14.3. The monoisotopic (exact) mass is 392 g/mol. The minimum atomic E-state index is -0.0138. The van der Waals surface area contributed by atoms with Gasteiger partial charge in [-0.3, -0.25) is 9.78 Å². The number of pyridine rings is 1. The standard InChI is InChI=1S/C20H16N4OS2/c25-19(12-17-2-1-11-26-17)22-15-3-5-16(6-4-15)23-20-24-18(13-27-20)14-7-9-21-10-8-14/h1-11,13H,12H2,(H,22,25)(H,23,24). The number of benzene rings is 1. The van der Waals surface area contributed by atoms with E-state index in [1.807, 2.05) is 59.3 Å². The van der Waals surface area contributed by atoms with Crippen molar-refractivity contribution in [2.45, 2.75) is 6.42 Å². The predicted molar refractivity (Wildman–Crippen MR) is 112 cm³/mol. The van der Waals surface area contributed by atoms with Gasteiger partial charge in [0.2, 0.25) is 5.91 Å². The number of nitrogens with zero attached hydrogens (tertiary/aromatic N) is 2. The van der Waals surface area contributed by atoms with Gasteiger partial charge >= 0.3 is 0 Å². The fourth-order valence-corrected chi connectivity index (χ4v) is 3.97. The molecule has 0 aliphatic heterocycles. The topological polar surface area (TPSA) is 66.9 Å². The molecule has 4 rings (SSSR count). The van der Waals surface area contributed by atoms with Crippen LogP contribution < -0.4 is 10.6 Å². The SMILES string of the molecule is O=C(Cc1cccs1)Nc1ccc(Nc2nc(-c3ccncc3)cs2)cc1. The summed E-state index contributed by atoms with van der Waals surface area (Å²) in [6.45, 7) is 0. The summed E-state index contributed by atoms with van der Waals surface area (Å²) in [5.41, 5.74) is 3.65. The molecule has 0 aliphatic carbocycles. The van der Waals surface area contributed by atoms with Gasteiger partial charge in [0.05, 0.1) is 12.1 Å². The molecule has 1 aromatic carbocycles. The Morgan fingerprint density at radius 3 is 2.48 bits per heavy atom. The molecule has 4 aromatic rings. The van der Waals surface area contributed by atoms with Gasteiger partial charge in [-0.25, -0.2) is 4.98 Å². The van der Waals surface area contributed by atoms with Gasteiger partial charge in [0.1, 0.15) is 0 Å². The van der Waals surface area contributed by atoms with E-state index in [2.05, 4.69) is 20.6 Å². The maximum Gasteiger partial charge on any atom is 0.229 e. The van der Waals surface area contributed by atoms with E-state index in [1.165, 1.54) is 0 Å². The highest BCUT2D eigenvalue weighted by molar-refractivity contribution is 7.14. The van der Waals surface area contributed by atoms with E-state index in [4.69, 9.17) is 0 Å². The van der Waals surface area contributed by atoms with Gasteiger partial charge < -0.3 is 10.6 Å². The molecular formula is C20H16N4OS2. The first-order valence-corrected chi connectivity index (χ1v) is 10.1. The van der Waals surface area contributed by atoms with E-state index in [1.54, 1.807) is 35.1 Å². The molecule has 0 radical (unpaired) electrons. The van der Waals surface area contributed by atoms with Gasteiger partial charge in [0.25, 0.3) is 0 Å². The molecule has 7 heteroatoms. The molecule has 0 atom stereocenters. The summed E-state index contributed by atoms with van der Waals surface area (Å²) in [5.74, 6) is -0.0138. The summed E-state index contributed by atoms with van der Waals surface area (Å²) >= 11 is 3.13. The van der Waals surface area contributed by atoms with E-state index < -0.39 is 0 Å². The summed E-state index contributed by atoms with van der Waals surface area (Å²) < 4.78 is 0. The highest BCUT2D eigenvalue weighted by Gasteiger charge is 2.07. The van der Waals surface area contributed by atoms with Crippen LogP contribution in [0.1, 0.15) is 4.88 Å². The molecule has 27 heavy (non-hydrogen) atoms. The Bertz CT molecular complexity index is 1010. The molecule has 0 saturated carbocycles. The number of carbonyl (C=O) groups is 1. The summed E-state index contributed by atoms with van der Waals surface area (Å²) in [6.07, 6.45) is 3.91. The van der Waals surface area contributed by atoms with Crippen molar-refractivity contribution in [1.29, 1.82) is 0 Å². The lowest BCUT2D eigenvalue weighted by Crippen LogP contribution is -2.13. The second-order valence-corrected chi connectivity index (χ2v) is 7.67. The highest BCUT2D eigenvalue weighted by atomic mass is 32.1. The summed E-state index contributed by atoms with van der Waals surface area (Å²) in [6, 6.07) is 15.4. The predicted octanol–water partition coefficient (Wildman–Crippen LogP) is 5.19. The van der Waals surface area contributed by atoms with Crippen molar-refractivity contribution in [2.24, 2.45) is 0 Å². The third-order valence-electron chi connectivity index (χ3n) is 3.82. The van der Waals surface area contributed by atoms with Crippen LogP contribution in [-0.4, -0.2) is 15.9 Å². The molecule has 0 unspecified atom stereocenters. The number of carbonyl (C=O) groups excluding carboxylic acids is 1. The Labute approximate surface area is 164 Å². The summed E-state index contributed by atoms with van der Waals surface area (Å²) in [5, 5.41) is 11.0. The number of hydrogen-bond donors (Lipinski definition) is 2. The van der Waals surface area contributed by atoms with Crippen LogP contribution in [0.5, 0.6) is 0 Å². The quantitative estimate of drug-likeness (QED) is 0.474. The van der Waals surface area contributed by atoms with E-state index in [9.17, 15) is 4.79 Å². The first-order valence-electron chi connectivity index (χ1n) is 8.31. The van der Waals surface area contributed by atoms with E-state index in [0.29, 0.717) is 6.42 Å². The van der Waals surface area contributed by atoms with Crippen molar-refractivity contribution in [3.63, 3.8) is 0 Å². The number of thiazole rings is 1. The van der Waals surface area contributed by atoms with Crippen molar-refractivity contribution >= 4 is 45.1 Å². The van der Waals surface area contributed by atoms with Gasteiger partial charge in [0.15, 0.2) is 5.13 Å². The van der Waals surface area contributed by atoms with Crippen LogP contribution >= 0.6 is 22.7 Å². The molecule has 134 valence electrons. The Balaban J connectivity index is 1.37. The fourth-order valence-electron chi connectivity index (χ4n) is 2.52. The smallest absolute Gasteiger partial charge is 0.229 e. The van der Waals surface area contributed by atoms with Crippen LogP contribution in [0, 0.1) is 0 Å². The normalized spacial score (nSPS) is 10.5. The second kappa shape index (κ2) is 8.11. The third-order valence-corrected chi connectivity index (χ3v) is 5.45. The Morgan fingerprint density at radius 2 is 1.74 bits per heavy atom. The van der Waals surface area contributed by atoms with Crippen LogP contribution in [-0.2, 0) is 11.2 Å². The van der Waals surface area contributed by atoms with Crippen molar-refractivity contribution < 1.29 is 4.79 Å². The van der Waals surface area contributed by atoms with Gasteiger partial charge in [0, 0.05) is 39.6 Å². The van der Waals surface area contributed by atoms with Crippen LogP contribution in [0.15, 0.2) is 71.7 Å². The minimum Gasteiger partial charge on any atom is -0.332 e. The lowest BCUT2D eigenvalue weighted by atomic mass is 10.2. The lowest BCUT2D eigenvalue weighted by Gasteiger charge is -2.07. The molecule has 5 nitrogen and oxygen atoms in total. The number of aromatic nitrogens is 2. The Hall–Kier alpha value is -3.03.